The van der Waals surface area contributed by atoms with Crippen molar-refractivity contribution in [3.63, 3.8) is 0 Å². The first-order valence-electron chi connectivity index (χ1n) is 12.2. The summed E-state index contributed by atoms with van der Waals surface area (Å²) in [6, 6.07) is 5.52. The van der Waals surface area contributed by atoms with Crippen LogP contribution in [0.5, 0.6) is 0 Å². The number of benzene rings is 1. The Labute approximate surface area is 224 Å². The highest BCUT2D eigenvalue weighted by molar-refractivity contribution is 9.10. The molecule has 7 nitrogen and oxygen atoms in total. The molecule has 10 heteroatoms. The van der Waals surface area contributed by atoms with Gasteiger partial charge in [0, 0.05) is 34.9 Å². The summed E-state index contributed by atoms with van der Waals surface area (Å²) >= 11 is 3.38. The van der Waals surface area contributed by atoms with Crippen LogP contribution in [0.15, 0.2) is 28.7 Å². The lowest BCUT2D eigenvalue weighted by molar-refractivity contribution is -0.140. The lowest BCUT2D eigenvalue weighted by Gasteiger charge is -2.25. The van der Waals surface area contributed by atoms with Crippen molar-refractivity contribution in [2.24, 2.45) is 5.92 Å². The van der Waals surface area contributed by atoms with E-state index in [4.69, 9.17) is 0 Å². The number of hydrogen-bond acceptors (Lipinski definition) is 6. The average Bonchev–Trinajstić information content (AvgIpc) is 3.34. The topological polar surface area (TPSA) is 104 Å². The van der Waals surface area contributed by atoms with Crippen LogP contribution in [-0.2, 0) is 25.6 Å². The van der Waals surface area contributed by atoms with Gasteiger partial charge in [-0.3, -0.25) is 19.2 Å². The summed E-state index contributed by atoms with van der Waals surface area (Å²) in [5, 5.41) is 8.76. The van der Waals surface area contributed by atoms with E-state index in [9.17, 15) is 19.2 Å². The van der Waals surface area contributed by atoms with Gasteiger partial charge in [-0.25, -0.2) is 0 Å². The summed E-state index contributed by atoms with van der Waals surface area (Å²) in [5.41, 5.74) is 0.806. The molecule has 3 N–H and O–H groups in total. The number of ketones is 1. The maximum absolute atomic E-state index is 13.1. The Morgan fingerprint density at radius 3 is 2.40 bits per heavy atom. The molecule has 0 saturated carbocycles. The number of rotatable bonds is 14. The lowest BCUT2D eigenvalue weighted by Crippen LogP contribution is -2.56. The molecule has 1 fully saturated rings. The minimum Gasteiger partial charge on any atom is -0.350 e. The quantitative estimate of drug-likeness (QED) is 0.173. The molecule has 0 aliphatic carbocycles. The number of halogens is 1. The van der Waals surface area contributed by atoms with Crippen LogP contribution in [0, 0.1) is 5.92 Å². The Balaban J connectivity index is 1.98. The zero-order chi connectivity index (χ0) is 25.8. The van der Waals surface area contributed by atoms with Gasteiger partial charge in [0.05, 0.1) is 0 Å². The van der Waals surface area contributed by atoms with Crippen LogP contribution in [0.2, 0.25) is 0 Å². The first-order chi connectivity index (χ1) is 16.7. The molecule has 35 heavy (non-hydrogen) atoms. The van der Waals surface area contributed by atoms with Gasteiger partial charge in [-0.15, -0.1) is 0 Å². The summed E-state index contributed by atoms with van der Waals surface area (Å²) in [6.45, 7) is 5.72. The van der Waals surface area contributed by atoms with Crippen LogP contribution in [0.25, 0.3) is 0 Å². The van der Waals surface area contributed by atoms with Crippen molar-refractivity contribution in [1.82, 2.24) is 16.0 Å². The molecule has 0 spiro atoms. The second-order valence-electron chi connectivity index (χ2n) is 8.98. The Hall–Kier alpha value is -1.52. The van der Waals surface area contributed by atoms with Gasteiger partial charge < -0.3 is 16.0 Å². The predicted octanol–water partition coefficient (Wildman–Crippen LogP) is 4.04. The minimum absolute atomic E-state index is 0.172. The lowest BCUT2D eigenvalue weighted by atomic mass is 9.98. The van der Waals surface area contributed by atoms with Crippen LogP contribution < -0.4 is 16.0 Å². The van der Waals surface area contributed by atoms with Crippen molar-refractivity contribution in [1.29, 1.82) is 0 Å². The van der Waals surface area contributed by atoms with E-state index < -0.39 is 29.7 Å². The summed E-state index contributed by atoms with van der Waals surface area (Å²) < 4.78 is 0.889. The molecule has 0 aromatic heterocycles. The molecular weight excluding hydrogens is 550 g/mol. The summed E-state index contributed by atoms with van der Waals surface area (Å²) in [7, 11) is 3.85. The maximum Gasteiger partial charge on any atom is 0.289 e. The van der Waals surface area contributed by atoms with Gasteiger partial charge >= 0.3 is 0 Å². The zero-order valence-electron chi connectivity index (χ0n) is 20.6. The summed E-state index contributed by atoms with van der Waals surface area (Å²) in [6.07, 6.45) is 4.64. The van der Waals surface area contributed by atoms with E-state index >= 15 is 0 Å². The third kappa shape index (κ3) is 10.6. The average molecular weight is 587 g/mol. The normalized spacial score (nSPS) is 17.0. The Morgan fingerprint density at radius 2 is 1.80 bits per heavy atom. The monoisotopic (exact) mass is 585 g/mol. The molecule has 1 aromatic carbocycles. The van der Waals surface area contributed by atoms with Crippen LogP contribution in [0.4, 0.5) is 0 Å². The highest BCUT2D eigenvalue weighted by Gasteiger charge is 2.31. The van der Waals surface area contributed by atoms with Gasteiger partial charge in [0.2, 0.25) is 17.6 Å². The molecule has 3 amide bonds. The van der Waals surface area contributed by atoms with Crippen LogP contribution in [0.1, 0.15) is 58.4 Å². The van der Waals surface area contributed by atoms with Crippen molar-refractivity contribution in [3.8, 4) is 0 Å². The number of hydrogen-bond donors (Lipinski definition) is 3. The smallest absolute Gasteiger partial charge is 0.289 e. The molecule has 1 aliphatic heterocycles. The van der Waals surface area contributed by atoms with Crippen molar-refractivity contribution in [2.75, 3.05) is 12.3 Å². The van der Waals surface area contributed by atoms with Crippen molar-refractivity contribution in [3.05, 3.63) is 34.3 Å². The van der Waals surface area contributed by atoms with Gasteiger partial charge in [0.15, 0.2) is 0 Å². The maximum atomic E-state index is 13.1. The van der Waals surface area contributed by atoms with Gasteiger partial charge in [-0.05, 0) is 49.8 Å². The molecule has 2 rings (SSSR count). The fraction of sp³-hybridized carbons (Fsp3) is 0.600. The number of Topliss-reactive ketones (excluding diaryl/α,β-unsaturated/α-hetero) is 1. The van der Waals surface area contributed by atoms with E-state index in [2.05, 4.69) is 31.9 Å². The number of nitrogens with one attached hydrogen (secondary N) is 3. The number of likely N-dealkylation sites (N-methyl/N-ethyl adjacent to an activating group) is 1. The van der Waals surface area contributed by atoms with E-state index in [1.807, 2.05) is 59.7 Å². The van der Waals surface area contributed by atoms with Crippen LogP contribution in [-0.4, -0.2) is 53.1 Å². The molecule has 1 aromatic rings. The third-order valence-electron chi connectivity index (χ3n) is 5.72. The Bertz CT molecular complexity index is 861. The molecule has 194 valence electrons. The first-order valence-corrected chi connectivity index (χ1v) is 15.3. The van der Waals surface area contributed by atoms with Crippen molar-refractivity contribution < 1.29 is 19.2 Å². The summed E-state index contributed by atoms with van der Waals surface area (Å²) in [4.78, 5) is 50.8. The zero-order valence-corrected chi connectivity index (χ0v) is 23.8. The number of carbonyl (C=O) groups excluding carboxylic acids is 4. The Morgan fingerprint density at radius 1 is 1.09 bits per heavy atom. The highest BCUT2D eigenvalue weighted by atomic mass is 79.9. The molecule has 0 bridgehead atoms. The van der Waals surface area contributed by atoms with Gasteiger partial charge in [0.25, 0.3) is 5.91 Å². The van der Waals surface area contributed by atoms with Crippen molar-refractivity contribution in [2.45, 2.75) is 76.6 Å². The first kappa shape index (κ1) is 29.7. The van der Waals surface area contributed by atoms with Gasteiger partial charge in [0.1, 0.15) is 12.1 Å². The standard InChI is InChI=1S/C25H36BrN3O4S2/c1-4-27-25(33)23(31)20(15-17-9-11-18(26)12-10-17)28-24(32)22(16(2)3)29-21(30)8-6-5-7-19-13-14-34-35-19/h9-12,16,19-20,22H,4-8,13-15H2,1-3H3,(H,27,33)(H,28,32)(H,29,30). The molecule has 1 saturated heterocycles. The van der Waals surface area contributed by atoms with E-state index in [1.54, 1.807) is 6.92 Å². The second-order valence-corrected chi connectivity index (χ2v) is 12.7. The molecule has 0 radical (unpaired) electrons. The predicted molar refractivity (Wildman–Crippen MR) is 147 cm³/mol. The number of amides is 3. The molecule has 1 aliphatic rings. The molecule has 3 atom stereocenters. The second kappa shape index (κ2) is 15.6. The van der Waals surface area contributed by atoms with Crippen LogP contribution >= 0.6 is 37.5 Å². The number of carbonyl (C=O) groups is 4. The SMILES string of the molecule is CCNC(=O)C(=O)C(Cc1ccc(Br)cc1)NC(=O)C(NC(=O)CCCCC1CCSS1)C(C)C. The van der Waals surface area contributed by atoms with E-state index in [-0.39, 0.29) is 18.2 Å². The van der Waals surface area contributed by atoms with E-state index in [0.29, 0.717) is 18.2 Å². The molecule has 3 unspecified atom stereocenters. The number of unbranched alkanes of at least 4 members (excludes halogenated alkanes) is 1. The highest BCUT2D eigenvalue weighted by Crippen LogP contribution is 2.39. The van der Waals surface area contributed by atoms with Gasteiger partial charge in [-0.2, -0.15) is 0 Å². The third-order valence-corrected chi connectivity index (χ3v) is 9.26. The largest absolute Gasteiger partial charge is 0.350 e. The minimum atomic E-state index is -1.03. The fourth-order valence-corrected chi connectivity index (χ4v) is 7.03. The molecule has 1 heterocycles. The Kier molecular flexibility index (Phi) is 13.2. The fourth-order valence-electron chi connectivity index (χ4n) is 3.74. The van der Waals surface area contributed by atoms with E-state index in [0.717, 1.165) is 29.3 Å². The van der Waals surface area contributed by atoms with Crippen molar-refractivity contribution >= 4 is 61.0 Å². The van der Waals surface area contributed by atoms with E-state index in [1.165, 1.54) is 12.2 Å². The summed E-state index contributed by atoms with van der Waals surface area (Å²) in [5.74, 6) is -1.07. The van der Waals surface area contributed by atoms with Crippen LogP contribution in [0.3, 0.4) is 0 Å². The van der Waals surface area contributed by atoms with Gasteiger partial charge in [-0.1, -0.05) is 69.9 Å². The molecular formula is C25H36BrN3O4S2.